The van der Waals surface area contributed by atoms with E-state index in [2.05, 4.69) is 43.4 Å². The van der Waals surface area contributed by atoms with Gasteiger partial charge in [-0.15, -0.1) is 0 Å². The summed E-state index contributed by atoms with van der Waals surface area (Å²) in [4.78, 5) is 0. The molecule has 0 bridgehead atoms. The number of benzene rings is 2. The Labute approximate surface area is 120 Å². The van der Waals surface area contributed by atoms with Crippen LogP contribution >= 0.6 is 0 Å². The van der Waals surface area contributed by atoms with Crippen molar-refractivity contribution in [3.05, 3.63) is 71.0 Å². The lowest BCUT2D eigenvalue weighted by molar-refractivity contribution is 0.518. The van der Waals surface area contributed by atoms with Crippen LogP contribution < -0.4 is 5.32 Å². The summed E-state index contributed by atoms with van der Waals surface area (Å²) in [6, 6.07) is 15.7. The van der Waals surface area contributed by atoms with Gasteiger partial charge in [0.15, 0.2) is 0 Å². The van der Waals surface area contributed by atoms with Crippen molar-refractivity contribution in [2.45, 2.75) is 32.7 Å². The number of halogens is 1. The first-order valence-corrected chi connectivity index (χ1v) is 7.21. The van der Waals surface area contributed by atoms with Crippen molar-refractivity contribution in [1.82, 2.24) is 5.32 Å². The predicted octanol–water partition coefficient (Wildman–Crippen LogP) is 3.90. The lowest BCUT2D eigenvalue weighted by atomic mass is 9.96. The number of rotatable bonds is 6. The van der Waals surface area contributed by atoms with Gasteiger partial charge in [0, 0.05) is 6.04 Å². The molecule has 0 spiro atoms. The van der Waals surface area contributed by atoms with E-state index in [0.29, 0.717) is 6.04 Å². The maximum absolute atomic E-state index is 13.3. The van der Waals surface area contributed by atoms with Crippen LogP contribution in [0.3, 0.4) is 0 Å². The molecule has 0 amide bonds. The molecular weight excluding hydrogens is 249 g/mol. The molecule has 1 N–H and O–H groups in total. The van der Waals surface area contributed by atoms with Gasteiger partial charge in [-0.25, -0.2) is 4.39 Å². The monoisotopic (exact) mass is 271 g/mol. The molecule has 2 rings (SSSR count). The molecule has 20 heavy (non-hydrogen) atoms. The SMILES string of the molecule is CCNC(Cc1cccc(F)c1)Cc1ccccc1C. The second kappa shape index (κ2) is 7.20. The van der Waals surface area contributed by atoms with Gasteiger partial charge in [-0.3, -0.25) is 0 Å². The van der Waals surface area contributed by atoms with E-state index in [4.69, 9.17) is 0 Å². The van der Waals surface area contributed by atoms with Gasteiger partial charge in [0.1, 0.15) is 5.82 Å². The quantitative estimate of drug-likeness (QED) is 0.840. The molecule has 0 heterocycles. The van der Waals surface area contributed by atoms with Gasteiger partial charge in [-0.2, -0.15) is 0 Å². The topological polar surface area (TPSA) is 12.0 Å². The number of aryl methyl sites for hydroxylation is 1. The summed E-state index contributed by atoms with van der Waals surface area (Å²) >= 11 is 0. The number of nitrogens with one attached hydrogen (secondary N) is 1. The fraction of sp³-hybridized carbons (Fsp3) is 0.333. The number of hydrogen-bond donors (Lipinski definition) is 1. The van der Waals surface area contributed by atoms with Crippen LogP contribution in [0.4, 0.5) is 4.39 Å². The Morgan fingerprint density at radius 1 is 1.05 bits per heavy atom. The van der Waals surface area contributed by atoms with Gasteiger partial charge < -0.3 is 5.32 Å². The zero-order valence-corrected chi connectivity index (χ0v) is 12.2. The van der Waals surface area contributed by atoms with Crippen molar-refractivity contribution in [3.8, 4) is 0 Å². The summed E-state index contributed by atoms with van der Waals surface area (Å²) in [6.45, 7) is 5.17. The second-order valence-corrected chi connectivity index (χ2v) is 5.22. The maximum atomic E-state index is 13.3. The molecule has 1 unspecified atom stereocenters. The summed E-state index contributed by atoms with van der Waals surface area (Å²) in [5, 5.41) is 3.50. The standard InChI is InChI=1S/C18H22FN/c1-3-20-18(12-15-8-6-10-17(19)11-15)13-16-9-5-4-7-14(16)2/h4-11,18,20H,3,12-13H2,1-2H3. The molecule has 106 valence electrons. The third-order valence-corrected chi connectivity index (χ3v) is 3.59. The van der Waals surface area contributed by atoms with E-state index in [1.54, 1.807) is 12.1 Å². The lowest BCUT2D eigenvalue weighted by Crippen LogP contribution is -2.33. The van der Waals surface area contributed by atoms with Crippen molar-refractivity contribution in [2.75, 3.05) is 6.54 Å². The highest BCUT2D eigenvalue weighted by atomic mass is 19.1. The van der Waals surface area contributed by atoms with Crippen LogP contribution in [0.25, 0.3) is 0 Å². The molecule has 1 atom stereocenters. The summed E-state index contributed by atoms with van der Waals surface area (Å²) in [7, 11) is 0. The molecule has 1 nitrogen and oxygen atoms in total. The van der Waals surface area contributed by atoms with E-state index in [1.165, 1.54) is 17.2 Å². The van der Waals surface area contributed by atoms with Crippen molar-refractivity contribution in [2.24, 2.45) is 0 Å². The van der Waals surface area contributed by atoms with Gasteiger partial charge in [-0.1, -0.05) is 43.3 Å². The van der Waals surface area contributed by atoms with Crippen molar-refractivity contribution in [3.63, 3.8) is 0 Å². The zero-order valence-electron chi connectivity index (χ0n) is 12.2. The minimum absolute atomic E-state index is 0.159. The highest BCUT2D eigenvalue weighted by Gasteiger charge is 2.11. The Balaban J connectivity index is 2.09. The van der Waals surface area contributed by atoms with E-state index in [0.717, 1.165) is 24.9 Å². The third-order valence-electron chi connectivity index (χ3n) is 3.59. The second-order valence-electron chi connectivity index (χ2n) is 5.22. The molecule has 0 aliphatic rings. The van der Waals surface area contributed by atoms with Gasteiger partial charge >= 0.3 is 0 Å². The number of hydrogen-bond acceptors (Lipinski definition) is 1. The van der Waals surface area contributed by atoms with Crippen LogP contribution in [0.1, 0.15) is 23.6 Å². The van der Waals surface area contributed by atoms with E-state index in [1.807, 2.05) is 6.07 Å². The molecule has 0 aromatic heterocycles. The molecule has 2 aromatic carbocycles. The normalized spacial score (nSPS) is 12.3. The Hall–Kier alpha value is -1.67. The minimum Gasteiger partial charge on any atom is -0.314 e. The molecular formula is C18H22FN. The molecule has 0 aliphatic carbocycles. The lowest BCUT2D eigenvalue weighted by Gasteiger charge is -2.19. The average molecular weight is 271 g/mol. The Kier molecular flexibility index (Phi) is 5.31. The van der Waals surface area contributed by atoms with Crippen molar-refractivity contribution < 1.29 is 4.39 Å². The van der Waals surface area contributed by atoms with Gasteiger partial charge in [0.05, 0.1) is 0 Å². The summed E-state index contributed by atoms with van der Waals surface area (Å²) in [5.41, 5.74) is 3.72. The first-order valence-electron chi connectivity index (χ1n) is 7.21. The van der Waals surface area contributed by atoms with Crippen molar-refractivity contribution in [1.29, 1.82) is 0 Å². The highest BCUT2D eigenvalue weighted by molar-refractivity contribution is 5.27. The summed E-state index contributed by atoms with van der Waals surface area (Å²) < 4.78 is 13.3. The Bertz CT molecular complexity index is 551. The first kappa shape index (κ1) is 14.7. The fourth-order valence-corrected chi connectivity index (χ4v) is 2.56. The summed E-state index contributed by atoms with van der Waals surface area (Å²) in [5.74, 6) is -0.159. The van der Waals surface area contributed by atoms with E-state index in [9.17, 15) is 4.39 Å². The first-order chi connectivity index (χ1) is 9.69. The van der Waals surface area contributed by atoms with E-state index >= 15 is 0 Å². The van der Waals surface area contributed by atoms with Crippen LogP contribution in [0, 0.1) is 12.7 Å². The molecule has 0 aliphatic heterocycles. The van der Waals surface area contributed by atoms with Crippen molar-refractivity contribution >= 4 is 0 Å². The zero-order chi connectivity index (χ0) is 14.4. The number of likely N-dealkylation sites (N-methyl/N-ethyl adjacent to an activating group) is 1. The van der Waals surface area contributed by atoms with Gasteiger partial charge in [0.2, 0.25) is 0 Å². The van der Waals surface area contributed by atoms with Crippen LogP contribution in [-0.4, -0.2) is 12.6 Å². The molecule has 0 radical (unpaired) electrons. The van der Waals surface area contributed by atoms with Crippen LogP contribution in [0.2, 0.25) is 0 Å². The average Bonchev–Trinajstić information content (AvgIpc) is 2.42. The van der Waals surface area contributed by atoms with Crippen LogP contribution in [0.15, 0.2) is 48.5 Å². The largest absolute Gasteiger partial charge is 0.314 e. The van der Waals surface area contributed by atoms with E-state index in [-0.39, 0.29) is 5.82 Å². The molecule has 0 fully saturated rings. The highest BCUT2D eigenvalue weighted by Crippen LogP contribution is 2.13. The van der Waals surface area contributed by atoms with E-state index < -0.39 is 0 Å². The minimum atomic E-state index is -0.159. The molecule has 0 saturated carbocycles. The maximum Gasteiger partial charge on any atom is 0.123 e. The molecule has 0 saturated heterocycles. The Morgan fingerprint density at radius 2 is 1.85 bits per heavy atom. The fourth-order valence-electron chi connectivity index (χ4n) is 2.56. The molecule has 2 aromatic rings. The summed E-state index contributed by atoms with van der Waals surface area (Å²) in [6.07, 6.45) is 1.82. The smallest absolute Gasteiger partial charge is 0.123 e. The van der Waals surface area contributed by atoms with Gasteiger partial charge in [0.25, 0.3) is 0 Å². The van der Waals surface area contributed by atoms with Gasteiger partial charge in [-0.05, 0) is 55.1 Å². The predicted molar refractivity (Wildman–Crippen MR) is 82.5 cm³/mol. The Morgan fingerprint density at radius 3 is 2.55 bits per heavy atom. The van der Waals surface area contributed by atoms with Crippen LogP contribution in [-0.2, 0) is 12.8 Å². The third kappa shape index (κ3) is 4.17. The van der Waals surface area contributed by atoms with Crippen LogP contribution in [0.5, 0.6) is 0 Å². The molecule has 2 heteroatoms.